The Morgan fingerprint density at radius 3 is 2.91 bits per heavy atom. The predicted octanol–water partition coefficient (Wildman–Crippen LogP) is 2.29. The lowest BCUT2D eigenvalue weighted by molar-refractivity contribution is 0.700. The molecule has 0 atom stereocenters. The van der Waals surface area contributed by atoms with Crippen LogP contribution in [0.25, 0.3) is 0 Å². The van der Waals surface area contributed by atoms with Crippen LogP contribution >= 0.6 is 11.8 Å². The molecule has 0 fully saturated rings. The molecule has 0 saturated carbocycles. The minimum atomic E-state index is -0.222. The minimum absolute atomic E-state index is 0.222. The van der Waals surface area contributed by atoms with Crippen LogP contribution in [0.1, 0.15) is 11.4 Å². The Balaban J connectivity index is 1.71. The SMILES string of the molecule is C=CCn1c(SCc2nccn2Cc2ccccc2)n[nH]c1=O. The molecule has 7 heteroatoms. The third-order valence-corrected chi connectivity index (χ3v) is 4.34. The van der Waals surface area contributed by atoms with E-state index >= 15 is 0 Å². The first-order chi connectivity index (χ1) is 11.3. The first kappa shape index (κ1) is 15.4. The number of aromatic amines is 1. The van der Waals surface area contributed by atoms with Crippen LogP contribution < -0.4 is 5.69 Å². The van der Waals surface area contributed by atoms with Crippen LogP contribution in [0, 0.1) is 0 Å². The highest BCUT2D eigenvalue weighted by Crippen LogP contribution is 2.19. The zero-order valence-corrected chi connectivity index (χ0v) is 13.4. The highest BCUT2D eigenvalue weighted by atomic mass is 32.2. The first-order valence-corrected chi connectivity index (χ1v) is 8.19. The summed E-state index contributed by atoms with van der Waals surface area (Å²) in [5, 5.41) is 7.16. The van der Waals surface area contributed by atoms with E-state index in [0.29, 0.717) is 17.5 Å². The van der Waals surface area contributed by atoms with Gasteiger partial charge in [-0.1, -0.05) is 48.2 Å². The molecule has 1 N–H and O–H groups in total. The number of benzene rings is 1. The van der Waals surface area contributed by atoms with E-state index in [1.165, 1.54) is 17.3 Å². The molecule has 3 rings (SSSR count). The van der Waals surface area contributed by atoms with Crippen molar-refractivity contribution >= 4 is 11.8 Å². The van der Waals surface area contributed by atoms with Crippen molar-refractivity contribution in [1.29, 1.82) is 0 Å². The summed E-state index contributed by atoms with van der Waals surface area (Å²) in [6, 6.07) is 10.2. The average molecular weight is 327 g/mol. The lowest BCUT2D eigenvalue weighted by atomic mass is 10.2. The molecule has 0 aliphatic rings. The van der Waals surface area contributed by atoms with Gasteiger partial charge in [0.1, 0.15) is 5.82 Å². The van der Waals surface area contributed by atoms with Crippen molar-refractivity contribution in [3.05, 3.63) is 77.3 Å². The van der Waals surface area contributed by atoms with Gasteiger partial charge in [-0.05, 0) is 5.56 Å². The molecule has 118 valence electrons. The van der Waals surface area contributed by atoms with Crippen LogP contribution in [0.3, 0.4) is 0 Å². The van der Waals surface area contributed by atoms with Crippen LogP contribution in [0.5, 0.6) is 0 Å². The molecule has 0 aliphatic heterocycles. The summed E-state index contributed by atoms with van der Waals surface area (Å²) >= 11 is 1.48. The lowest BCUT2D eigenvalue weighted by Gasteiger charge is -2.08. The normalized spacial score (nSPS) is 10.8. The summed E-state index contributed by atoms with van der Waals surface area (Å²) in [5.41, 5.74) is 1.00. The van der Waals surface area contributed by atoms with Gasteiger partial charge in [-0.3, -0.25) is 4.57 Å². The quantitative estimate of drug-likeness (QED) is 0.534. The van der Waals surface area contributed by atoms with Gasteiger partial charge >= 0.3 is 5.69 Å². The van der Waals surface area contributed by atoms with Gasteiger partial charge in [-0.25, -0.2) is 14.9 Å². The zero-order valence-electron chi connectivity index (χ0n) is 12.6. The van der Waals surface area contributed by atoms with Gasteiger partial charge in [0.05, 0.1) is 5.75 Å². The fourth-order valence-electron chi connectivity index (χ4n) is 2.24. The van der Waals surface area contributed by atoms with Crippen molar-refractivity contribution < 1.29 is 0 Å². The standard InChI is InChI=1S/C16H17N5OS/c1-2-9-21-15(22)18-19-16(21)23-12-14-17-8-10-20(14)11-13-6-4-3-5-7-13/h2-8,10H,1,9,11-12H2,(H,18,22). The third-order valence-electron chi connectivity index (χ3n) is 3.36. The average Bonchev–Trinajstić information content (AvgIpc) is 3.15. The van der Waals surface area contributed by atoms with E-state index in [0.717, 1.165) is 12.4 Å². The van der Waals surface area contributed by atoms with Crippen molar-refractivity contribution in [3.63, 3.8) is 0 Å². The number of imidazole rings is 1. The second-order valence-electron chi connectivity index (χ2n) is 4.96. The minimum Gasteiger partial charge on any atom is -0.330 e. The molecule has 1 aromatic carbocycles. The van der Waals surface area contributed by atoms with Gasteiger partial charge in [0.15, 0.2) is 5.16 Å². The molecule has 23 heavy (non-hydrogen) atoms. The molecule has 0 amide bonds. The van der Waals surface area contributed by atoms with E-state index in [9.17, 15) is 4.79 Å². The number of nitrogens with one attached hydrogen (secondary N) is 1. The Hall–Kier alpha value is -2.54. The Morgan fingerprint density at radius 2 is 2.13 bits per heavy atom. The van der Waals surface area contributed by atoms with Crippen LogP contribution in [0.4, 0.5) is 0 Å². The van der Waals surface area contributed by atoms with Crippen molar-refractivity contribution in [2.75, 3.05) is 0 Å². The van der Waals surface area contributed by atoms with Gasteiger partial charge in [0.2, 0.25) is 0 Å². The maximum atomic E-state index is 11.7. The molecule has 0 saturated heterocycles. The fourth-order valence-corrected chi connectivity index (χ4v) is 3.16. The van der Waals surface area contributed by atoms with Crippen LogP contribution in [0.2, 0.25) is 0 Å². The lowest BCUT2D eigenvalue weighted by Crippen LogP contribution is -2.16. The van der Waals surface area contributed by atoms with E-state index in [2.05, 4.69) is 38.5 Å². The predicted molar refractivity (Wildman–Crippen MR) is 90.4 cm³/mol. The maximum absolute atomic E-state index is 11.7. The Labute approximate surface area is 137 Å². The van der Waals surface area contributed by atoms with Gasteiger partial charge in [-0.2, -0.15) is 0 Å². The molecule has 2 aromatic heterocycles. The molecule has 0 spiro atoms. The van der Waals surface area contributed by atoms with E-state index in [4.69, 9.17) is 0 Å². The number of H-pyrrole nitrogens is 1. The second-order valence-corrected chi connectivity index (χ2v) is 5.90. The van der Waals surface area contributed by atoms with Gasteiger partial charge in [0.25, 0.3) is 0 Å². The summed E-state index contributed by atoms with van der Waals surface area (Å²) in [6.45, 7) is 4.88. The second kappa shape index (κ2) is 7.15. The number of rotatable bonds is 7. The van der Waals surface area contributed by atoms with E-state index in [1.807, 2.05) is 24.4 Å². The fraction of sp³-hybridized carbons (Fsp3) is 0.188. The van der Waals surface area contributed by atoms with Gasteiger partial charge in [0, 0.05) is 25.5 Å². The molecular formula is C16H17N5OS. The number of aromatic nitrogens is 5. The van der Waals surface area contributed by atoms with Crippen molar-refractivity contribution in [2.24, 2.45) is 0 Å². The van der Waals surface area contributed by atoms with Crippen molar-refractivity contribution in [3.8, 4) is 0 Å². The topological polar surface area (TPSA) is 68.5 Å². The number of nitrogens with zero attached hydrogens (tertiary/aromatic N) is 4. The number of allylic oxidation sites excluding steroid dienone is 1. The molecule has 2 heterocycles. The van der Waals surface area contributed by atoms with E-state index < -0.39 is 0 Å². The number of hydrogen-bond acceptors (Lipinski definition) is 4. The molecule has 0 aliphatic carbocycles. The highest BCUT2D eigenvalue weighted by molar-refractivity contribution is 7.98. The summed E-state index contributed by atoms with van der Waals surface area (Å²) in [6.07, 6.45) is 5.43. The number of thioether (sulfide) groups is 1. The van der Waals surface area contributed by atoms with Crippen molar-refractivity contribution in [1.82, 2.24) is 24.3 Å². The molecule has 0 bridgehead atoms. The molecule has 0 radical (unpaired) electrons. The zero-order chi connectivity index (χ0) is 16.1. The Bertz CT molecular complexity index is 834. The van der Waals surface area contributed by atoms with Gasteiger partial charge < -0.3 is 4.57 Å². The van der Waals surface area contributed by atoms with Gasteiger partial charge in [-0.15, -0.1) is 11.7 Å². The summed E-state index contributed by atoms with van der Waals surface area (Å²) in [4.78, 5) is 16.1. The van der Waals surface area contributed by atoms with Crippen LogP contribution in [-0.2, 0) is 18.8 Å². The Morgan fingerprint density at radius 1 is 1.30 bits per heavy atom. The summed E-state index contributed by atoms with van der Waals surface area (Å²) in [7, 11) is 0. The van der Waals surface area contributed by atoms with Crippen molar-refractivity contribution in [2.45, 2.75) is 24.0 Å². The Kier molecular flexibility index (Phi) is 4.77. The molecule has 3 aromatic rings. The summed E-state index contributed by atoms with van der Waals surface area (Å²) < 4.78 is 3.66. The van der Waals surface area contributed by atoms with E-state index in [-0.39, 0.29) is 5.69 Å². The summed E-state index contributed by atoms with van der Waals surface area (Å²) in [5.74, 6) is 1.58. The first-order valence-electron chi connectivity index (χ1n) is 7.21. The van der Waals surface area contributed by atoms with Crippen LogP contribution in [0.15, 0.2) is 65.3 Å². The number of hydrogen-bond donors (Lipinski definition) is 1. The smallest absolute Gasteiger partial charge is 0.330 e. The highest BCUT2D eigenvalue weighted by Gasteiger charge is 2.10. The third kappa shape index (κ3) is 3.62. The largest absolute Gasteiger partial charge is 0.344 e. The molecular weight excluding hydrogens is 310 g/mol. The molecule has 6 nitrogen and oxygen atoms in total. The van der Waals surface area contributed by atoms with Crippen LogP contribution in [-0.4, -0.2) is 24.3 Å². The monoisotopic (exact) mass is 327 g/mol. The maximum Gasteiger partial charge on any atom is 0.344 e. The molecule has 0 unspecified atom stereocenters. The van der Waals surface area contributed by atoms with E-state index in [1.54, 1.807) is 16.8 Å².